The van der Waals surface area contributed by atoms with Gasteiger partial charge in [-0.1, -0.05) is 32.1 Å². The summed E-state index contributed by atoms with van der Waals surface area (Å²) in [6.45, 7) is 1.14. The Labute approximate surface area is 99.8 Å². The lowest BCUT2D eigenvalue weighted by atomic mass is 9.87. The number of hydrogen-bond acceptors (Lipinski definition) is 2. The highest BCUT2D eigenvalue weighted by Crippen LogP contribution is 2.24. The fourth-order valence-corrected chi connectivity index (χ4v) is 3.26. The summed E-state index contributed by atoms with van der Waals surface area (Å²) >= 11 is 0. The van der Waals surface area contributed by atoms with Gasteiger partial charge in [-0.15, -0.1) is 0 Å². The molecular formula is C14H27NO. The average Bonchev–Trinajstić information content (AvgIpc) is 2.55. The predicted molar refractivity (Wildman–Crippen MR) is 67.5 cm³/mol. The van der Waals surface area contributed by atoms with E-state index in [2.05, 4.69) is 5.32 Å². The maximum Gasteiger partial charge on any atom is 0.0543 e. The van der Waals surface area contributed by atoms with E-state index >= 15 is 0 Å². The molecule has 0 aromatic carbocycles. The topological polar surface area (TPSA) is 32.3 Å². The van der Waals surface area contributed by atoms with Crippen LogP contribution in [0.25, 0.3) is 0 Å². The summed E-state index contributed by atoms with van der Waals surface area (Å²) in [5.74, 6) is 0.729. The van der Waals surface area contributed by atoms with Gasteiger partial charge in [0.25, 0.3) is 0 Å². The lowest BCUT2D eigenvalue weighted by Gasteiger charge is -2.28. The van der Waals surface area contributed by atoms with Crippen LogP contribution >= 0.6 is 0 Å². The van der Waals surface area contributed by atoms with Gasteiger partial charge in [0, 0.05) is 6.04 Å². The number of rotatable bonds is 3. The maximum atomic E-state index is 9.63. The normalized spacial score (nSPS) is 33.6. The minimum absolute atomic E-state index is 0.0188. The molecule has 2 fully saturated rings. The number of nitrogens with one attached hydrogen (secondary N) is 1. The summed E-state index contributed by atoms with van der Waals surface area (Å²) in [6, 6.07) is 0.765. The van der Waals surface area contributed by atoms with E-state index in [1.165, 1.54) is 51.4 Å². The highest BCUT2D eigenvalue weighted by molar-refractivity contribution is 4.77. The van der Waals surface area contributed by atoms with E-state index in [0.29, 0.717) is 0 Å². The van der Waals surface area contributed by atoms with Crippen LogP contribution in [-0.4, -0.2) is 23.8 Å². The first-order valence-electron chi connectivity index (χ1n) is 7.26. The third-order valence-electron chi connectivity index (χ3n) is 4.31. The van der Waals surface area contributed by atoms with E-state index in [1.54, 1.807) is 0 Å². The maximum absolute atomic E-state index is 9.63. The Morgan fingerprint density at radius 3 is 2.31 bits per heavy atom. The van der Waals surface area contributed by atoms with E-state index in [-0.39, 0.29) is 6.10 Å². The molecule has 0 aromatic rings. The molecule has 2 nitrogen and oxygen atoms in total. The first kappa shape index (κ1) is 12.4. The van der Waals surface area contributed by atoms with Gasteiger partial charge in [0.05, 0.1) is 6.10 Å². The molecular weight excluding hydrogens is 198 g/mol. The van der Waals surface area contributed by atoms with Gasteiger partial charge in [-0.3, -0.25) is 0 Å². The fraction of sp³-hybridized carbons (Fsp3) is 1.00. The molecule has 2 saturated carbocycles. The lowest BCUT2D eigenvalue weighted by Crippen LogP contribution is -2.35. The number of aliphatic hydroxyl groups is 1. The van der Waals surface area contributed by atoms with E-state index in [9.17, 15) is 5.11 Å². The van der Waals surface area contributed by atoms with E-state index < -0.39 is 0 Å². The van der Waals surface area contributed by atoms with Crippen molar-refractivity contribution in [2.24, 2.45) is 5.92 Å². The highest BCUT2D eigenvalue weighted by Gasteiger charge is 2.21. The number of aliphatic hydroxyl groups excluding tert-OH is 1. The van der Waals surface area contributed by atoms with Crippen LogP contribution in [0.1, 0.15) is 64.2 Å². The first-order valence-corrected chi connectivity index (χ1v) is 7.26. The minimum atomic E-state index is -0.0188. The second-order valence-corrected chi connectivity index (χ2v) is 5.78. The molecule has 2 heteroatoms. The molecule has 2 aliphatic rings. The fourth-order valence-electron chi connectivity index (χ4n) is 3.26. The molecule has 94 valence electrons. The second-order valence-electron chi connectivity index (χ2n) is 5.78. The van der Waals surface area contributed by atoms with Crippen molar-refractivity contribution in [1.29, 1.82) is 0 Å². The predicted octanol–water partition coefficient (Wildman–Crippen LogP) is 2.85. The molecule has 0 saturated heterocycles. The molecule has 2 unspecified atom stereocenters. The zero-order chi connectivity index (χ0) is 11.2. The van der Waals surface area contributed by atoms with Crippen molar-refractivity contribution in [2.75, 3.05) is 6.54 Å². The summed E-state index contributed by atoms with van der Waals surface area (Å²) in [6.07, 6.45) is 13.0. The van der Waals surface area contributed by atoms with E-state index in [1.807, 2.05) is 0 Å². The summed E-state index contributed by atoms with van der Waals surface area (Å²) in [5, 5.41) is 13.4. The molecule has 0 amide bonds. The zero-order valence-electron chi connectivity index (χ0n) is 10.5. The average molecular weight is 225 g/mol. The van der Waals surface area contributed by atoms with Gasteiger partial charge in [-0.05, 0) is 44.6 Å². The van der Waals surface area contributed by atoms with E-state index in [4.69, 9.17) is 0 Å². The van der Waals surface area contributed by atoms with Crippen LogP contribution in [0.15, 0.2) is 0 Å². The Bertz CT molecular complexity index is 185. The Balaban J connectivity index is 1.65. The minimum Gasteiger partial charge on any atom is -0.393 e. The summed E-state index contributed by atoms with van der Waals surface area (Å²) < 4.78 is 0. The van der Waals surface area contributed by atoms with Gasteiger partial charge in [0.2, 0.25) is 0 Å². The van der Waals surface area contributed by atoms with E-state index in [0.717, 1.165) is 31.3 Å². The van der Waals surface area contributed by atoms with Gasteiger partial charge in [-0.25, -0.2) is 0 Å². The molecule has 2 aliphatic carbocycles. The molecule has 0 aliphatic heterocycles. The summed E-state index contributed by atoms with van der Waals surface area (Å²) in [7, 11) is 0. The van der Waals surface area contributed by atoms with Gasteiger partial charge in [0.15, 0.2) is 0 Å². The molecule has 16 heavy (non-hydrogen) atoms. The first-order chi connectivity index (χ1) is 7.84. The molecule has 2 atom stereocenters. The van der Waals surface area contributed by atoms with Gasteiger partial charge < -0.3 is 10.4 Å². The van der Waals surface area contributed by atoms with Crippen LogP contribution in [0, 0.1) is 5.92 Å². The standard InChI is InChI=1S/C14H27NO/c16-14-9-5-6-12(10-14)11-15-13-7-3-1-2-4-8-13/h12-16H,1-11H2. The monoisotopic (exact) mass is 225 g/mol. The third kappa shape index (κ3) is 4.06. The molecule has 0 heterocycles. The largest absolute Gasteiger partial charge is 0.393 e. The van der Waals surface area contributed by atoms with Crippen LogP contribution in [0.2, 0.25) is 0 Å². The highest BCUT2D eigenvalue weighted by atomic mass is 16.3. The van der Waals surface area contributed by atoms with Crippen molar-refractivity contribution in [3.05, 3.63) is 0 Å². The van der Waals surface area contributed by atoms with Crippen molar-refractivity contribution in [3.63, 3.8) is 0 Å². The van der Waals surface area contributed by atoms with Crippen LogP contribution < -0.4 is 5.32 Å². The number of hydrogen-bond donors (Lipinski definition) is 2. The van der Waals surface area contributed by atoms with Crippen LogP contribution in [0.4, 0.5) is 0 Å². The molecule has 0 spiro atoms. The zero-order valence-corrected chi connectivity index (χ0v) is 10.5. The van der Waals surface area contributed by atoms with Crippen LogP contribution in [0.5, 0.6) is 0 Å². The SMILES string of the molecule is OC1CCCC(CNC2CCCCCC2)C1. The Hall–Kier alpha value is -0.0800. The second kappa shape index (κ2) is 6.61. The van der Waals surface area contributed by atoms with Gasteiger partial charge in [0.1, 0.15) is 0 Å². The summed E-state index contributed by atoms with van der Waals surface area (Å²) in [5.41, 5.74) is 0. The van der Waals surface area contributed by atoms with Crippen molar-refractivity contribution in [1.82, 2.24) is 5.32 Å². The van der Waals surface area contributed by atoms with Gasteiger partial charge >= 0.3 is 0 Å². The van der Waals surface area contributed by atoms with Crippen molar-refractivity contribution in [2.45, 2.75) is 76.4 Å². The molecule has 2 N–H and O–H groups in total. The smallest absolute Gasteiger partial charge is 0.0543 e. The summed E-state index contributed by atoms with van der Waals surface area (Å²) in [4.78, 5) is 0. The van der Waals surface area contributed by atoms with Crippen LogP contribution in [0.3, 0.4) is 0 Å². The van der Waals surface area contributed by atoms with Crippen LogP contribution in [-0.2, 0) is 0 Å². The van der Waals surface area contributed by atoms with Crippen molar-refractivity contribution in [3.8, 4) is 0 Å². The molecule has 0 aromatic heterocycles. The quantitative estimate of drug-likeness (QED) is 0.724. The Kier molecular flexibility index (Phi) is 5.11. The molecule has 0 bridgehead atoms. The molecule has 2 rings (SSSR count). The Morgan fingerprint density at radius 1 is 0.875 bits per heavy atom. The van der Waals surface area contributed by atoms with Crippen molar-refractivity contribution >= 4 is 0 Å². The molecule has 0 radical (unpaired) electrons. The Morgan fingerprint density at radius 2 is 1.62 bits per heavy atom. The van der Waals surface area contributed by atoms with Gasteiger partial charge in [-0.2, -0.15) is 0 Å². The third-order valence-corrected chi connectivity index (χ3v) is 4.31. The van der Waals surface area contributed by atoms with Crippen molar-refractivity contribution < 1.29 is 5.11 Å². The lowest BCUT2D eigenvalue weighted by molar-refractivity contribution is 0.0993.